The molecular formula is C25H20ClN3O3S2. The number of thiazole rings is 1. The van der Waals surface area contributed by atoms with Crippen LogP contribution in [-0.4, -0.2) is 18.9 Å². The van der Waals surface area contributed by atoms with E-state index in [1.54, 1.807) is 12.1 Å². The molecule has 4 aromatic rings. The van der Waals surface area contributed by atoms with Crippen molar-refractivity contribution in [3.63, 3.8) is 0 Å². The van der Waals surface area contributed by atoms with Crippen LogP contribution >= 0.6 is 22.9 Å². The van der Waals surface area contributed by atoms with Crippen LogP contribution in [0.15, 0.2) is 70.6 Å². The Hall–Kier alpha value is -3.38. The van der Waals surface area contributed by atoms with E-state index in [1.165, 1.54) is 47.7 Å². The Morgan fingerprint density at radius 1 is 1.12 bits per heavy atom. The third-order valence-electron chi connectivity index (χ3n) is 5.27. The van der Waals surface area contributed by atoms with Gasteiger partial charge >= 0.3 is 0 Å². The monoisotopic (exact) mass is 509 g/mol. The van der Waals surface area contributed by atoms with E-state index in [0.717, 1.165) is 21.3 Å². The Labute approximate surface area is 206 Å². The maximum Gasteiger partial charge on any atom is 0.281 e. The number of para-hydroxylation sites is 1. The van der Waals surface area contributed by atoms with Crippen molar-refractivity contribution in [2.24, 2.45) is 4.99 Å². The number of hydrogen-bond acceptors (Lipinski definition) is 4. The summed E-state index contributed by atoms with van der Waals surface area (Å²) in [4.78, 5) is 18.0. The minimum absolute atomic E-state index is 0.0261. The lowest BCUT2D eigenvalue weighted by molar-refractivity contribution is 0.0998. The normalized spacial score (nSPS) is 12.0. The lowest BCUT2D eigenvalue weighted by Gasteiger charge is -2.11. The number of rotatable bonds is 5. The number of fused-ring (bicyclic) bond motifs is 1. The molecule has 34 heavy (non-hydrogen) atoms. The first-order chi connectivity index (χ1) is 16.2. The van der Waals surface area contributed by atoms with Crippen molar-refractivity contribution in [3.8, 4) is 12.3 Å². The Bertz CT molecular complexity index is 1630. The van der Waals surface area contributed by atoms with Crippen LogP contribution in [0.5, 0.6) is 0 Å². The molecule has 0 aliphatic carbocycles. The summed E-state index contributed by atoms with van der Waals surface area (Å²) in [6.45, 7) is 4.28. The number of terminal acetylenes is 1. The number of aromatic nitrogens is 1. The van der Waals surface area contributed by atoms with Crippen molar-refractivity contribution in [2.75, 3.05) is 4.72 Å². The number of carbonyl (C=O) groups is 1. The molecule has 1 N–H and O–H groups in total. The predicted octanol–water partition coefficient (Wildman–Crippen LogP) is 5.15. The van der Waals surface area contributed by atoms with Crippen LogP contribution in [0.25, 0.3) is 10.2 Å². The van der Waals surface area contributed by atoms with Crippen molar-refractivity contribution >= 4 is 54.8 Å². The second kappa shape index (κ2) is 9.47. The van der Waals surface area contributed by atoms with Gasteiger partial charge in [0, 0.05) is 5.02 Å². The number of halogens is 1. The first-order valence-electron chi connectivity index (χ1n) is 10.2. The van der Waals surface area contributed by atoms with Gasteiger partial charge in [-0.15, -0.1) is 6.42 Å². The van der Waals surface area contributed by atoms with E-state index >= 15 is 0 Å². The number of anilines is 1. The molecule has 6 nitrogen and oxygen atoms in total. The molecule has 3 aromatic carbocycles. The van der Waals surface area contributed by atoms with E-state index in [2.05, 4.69) is 15.6 Å². The number of benzene rings is 3. The van der Waals surface area contributed by atoms with Gasteiger partial charge in [0.25, 0.3) is 15.9 Å². The van der Waals surface area contributed by atoms with Gasteiger partial charge in [-0.3, -0.25) is 9.52 Å². The van der Waals surface area contributed by atoms with Crippen LogP contribution in [-0.2, 0) is 16.6 Å². The average molecular weight is 510 g/mol. The van der Waals surface area contributed by atoms with Gasteiger partial charge in [-0.2, -0.15) is 4.99 Å². The van der Waals surface area contributed by atoms with Crippen LogP contribution in [0.2, 0.25) is 5.02 Å². The van der Waals surface area contributed by atoms with Crippen molar-refractivity contribution in [1.29, 1.82) is 0 Å². The second-order valence-corrected chi connectivity index (χ2v) is 10.7. The maximum atomic E-state index is 13.2. The summed E-state index contributed by atoms with van der Waals surface area (Å²) in [7, 11) is -3.94. The zero-order valence-corrected chi connectivity index (χ0v) is 20.8. The van der Waals surface area contributed by atoms with Gasteiger partial charge in [0.2, 0.25) is 0 Å². The van der Waals surface area contributed by atoms with Gasteiger partial charge in [-0.1, -0.05) is 41.0 Å². The van der Waals surface area contributed by atoms with E-state index in [9.17, 15) is 13.2 Å². The predicted molar refractivity (Wildman–Crippen MR) is 137 cm³/mol. The largest absolute Gasteiger partial charge is 0.305 e. The first-order valence-corrected chi connectivity index (χ1v) is 12.9. The summed E-state index contributed by atoms with van der Waals surface area (Å²) < 4.78 is 30.9. The highest BCUT2D eigenvalue weighted by Gasteiger charge is 2.19. The van der Waals surface area contributed by atoms with Crippen LogP contribution in [0.3, 0.4) is 0 Å². The SMILES string of the molecule is C#CCn1c(=NC(=O)c2ccccc2NS(=O)(=O)c2ccc(Cl)cc2)sc2cc(C)c(C)cc21. The van der Waals surface area contributed by atoms with Gasteiger partial charge in [0.15, 0.2) is 4.80 Å². The van der Waals surface area contributed by atoms with Gasteiger partial charge in [0.1, 0.15) is 0 Å². The molecule has 0 aliphatic rings. The molecule has 1 aromatic heterocycles. The number of nitrogens with one attached hydrogen (secondary N) is 1. The van der Waals surface area contributed by atoms with Crippen LogP contribution in [0, 0.1) is 26.2 Å². The fraction of sp³-hybridized carbons (Fsp3) is 0.120. The Morgan fingerprint density at radius 3 is 2.50 bits per heavy atom. The molecule has 9 heteroatoms. The van der Waals surface area contributed by atoms with E-state index in [1.807, 2.05) is 30.5 Å². The number of carbonyl (C=O) groups excluding carboxylic acids is 1. The third kappa shape index (κ3) is 4.77. The summed E-state index contributed by atoms with van der Waals surface area (Å²) in [5, 5.41) is 0.419. The molecule has 1 heterocycles. The van der Waals surface area contributed by atoms with E-state index in [4.69, 9.17) is 18.0 Å². The summed E-state index contributed by atoms with van der Waals surface area (Å²) >= 11 is 7.22. The Balaban J connectivity index is 1.77. The topological polar surface area (TPSA) is 80.5 Å². The highest BCUT2D eigenvalue weighted by molar-refractivity contribution is 7.92. The molecule has 0 radical (unpaired) electrons. The molecule has 0 unspecified atom stereocenters. The zero-order valence-electron chi connectivity index (χ0n) is 18.4. The standard InChI is InChI=1S/C25H20ClN3O3S2/c1-4-13-29-22-14-16(2)17(3)15-23(22)33-25(29)27-24(30)20-7-5-6-8-21(20)28-34(31,32)19-11-9-18(26)10-12-19/h1,5-12,14-15,28H,13H2,2-3H3. The second-order valence-electron chi connectivity index (χ2n) is 7.60. The molecule has 0 saturated carbocycles. The molecule has 0 aliphatic heterocycles. The van der Waals surface area contributed by atoms with Crippen molar-refractivity contribution in [3.05, 3.63) is 87.2 Å². The maximum absolute atomic E-state index is 13.2. The van der Waals surface area contributed by atoms with Crippen molar-refractivity contribution < 1.29 is 13.2 Å². The summed E-state index contributed by atoms with van der Waals surface area (Å²) in [5.41, 5.74) is 3.38. The van der Waals surface area contributed by atoms with Gasteiger partial charge in [-0.05, 0) is 73.5 Å². The Morgan fingerprint density at radius 2 is 1.79 bits per heavy atom. The van der Waals surface area contributed by atoms with Gasteiger partial charge in [0.05, 0.1) is 32.9 Å². The van der Waals surface area contributed by atoms with E-state index in [-0.39, 0.29) is 22.7 Å². The molecule has 4 rings (SSSR count). The molecule has 0 fully saturated rings. The minimum atomic E-state index is -3.94. The minimum Gasteiger partial charge on any atom is -0.305 e. The zero-order chi connectivity index (χ0) is 24.5. The van der Waals surface area contributed by atoms with Crippen molar-refractivity contribution in [2.45, 2.75) is 25.3 Å². The number of aryl methyl sites for hydroxylation is 2. The molecule has 0 atom stereocenters. The fourth-order valence-corrected chi connectivity index (χ4v) is 5.69. The smallest absolute Gasteiger partial charge is 0.281 e. The highest BCUT2D eigenvalue weighted by Crippen LogP contribution is 2.24. The van der Waals surface area contributed by atoms with Crippen LogP contribution in [0.1, 0.15) is 21.5 Å². The lowest BCUT2D eigenvalue weighted by Crippen LogP contribution is -2.18. The van der Waals surface area contributed by atoms with Crippen LogP contribution in [0.4, 0.5) is 5.69 Å². The number of amides is 1. The number of hydrogen-bond donors (Lipinski definition) is 1. The van der Waals surface area contributed by atoms with E-state index < -0.39 is 15.9 Å². The van der Waals surface area contributed by atoms with Crippen LogP contribution < -0.4 is 9.52 Å². The molecule has 172 valence electrons. The van der Waals surface area contributed by atoms with Gasteiger partial charge in [-0.25, -0.2) is 8.42 Å². The summed E-state index contributed by atoms with van der Waals surface area (Å²) in [6.07, 6.45) is 5.57. The number of nitrogens with zero attached hydrogens (tertiary/aromatic N) is 2. The molecule has 0 saturated heterocycles. The quantitative estimate of drug-likeness (QED) is 0.378. The fourth-order valence-electron chi connectivity index (χ4n) is 3.37. The van der Waals surface area contributed by atoms with E-state index in [0.29, 0.717) is 9.82 Å². The first kappa shape index (κ1) is 23.8. The van der Waals surface area contributed by atoms with Gasteiger partial charge < -0.3 is 4.57 Å². The third-order valence-corrected chi connectivity index (χ3v) is 7.95. The van der Waals surface area contributed by atoms with Crippen molar-refractivity contribution in [1.82, 2.24) is 4.57 Å². The lowest BCUT2D eigenvalue weighted by atomic mass is 10.1. The highest BCUT2D eigenvalue weighted by atomic mass is 35.5. The molecule has 1 amide bonds. The molecular weight excluding hydrogens is 490 g/mol. The molecule has 0 spiro atoms. The molecule has 0 bridgehead atoms. The summed E-state index contributed by atoms with van der Waals surface area (Å²) in [6, 6.07) is 16.1. The average Bonchev–Trinajstić information content (AvgIpc) is 3.10. The Kier molecular flexibility index (Phi) is 6.62. The number of sulfonamides is 1. The summed E-state index contributed by atoms with van der Waals surface area (Å²) in [5.74, 6) is 2.03.